The number of nitrogens with one attached hydrogen (secondary N) is 3. The molecule has 0 radical (unpaired) electrons. The zero-order valence-corrected chi connectivity index (χ0v) is 21.1. The number of hydrogen-bond acceptors (Lipinski definition) is 9. The molecule has 0 bridgehead atoms. The van der Waals surface area contributed by atoms with Gasteiger partial charge in [0.05, 0.1) is 11.9 Å². The summed E-state index contributed by atoms with van der Waals surface area (Å²) in [7, 11) is 0. The highest BCUT2D eigenvalue weighted by molar-refractivity contribution is 5.83. The van der Waals surface area contributed by atoms with Crippen LogP contribution in [0.25, 0.3) is 0 Å². The van der Waals surface area contributed by atoms with E-state index in [9.17, 15) is 5.26 Å². The van der Waals surface area contributed by atoms with Crippen molar-refractivity contribution in [2.24, 2.45) is 16.0 Å². The Bertz CT molecular complexity index is 1200. The third-order valence-corrected chi connectivity index (χ3v) is 6.36. The second kappa shape index (κ2) is 9.70. The summed E-state index contributed by atoms with van der Waals surface area (Å²) in [5, 5.41) is 28.6. The SMILES string of the molecule is C=NN(/C=N\N)c1cc(Nc2ncc(C#N)c(NC3CC(C)(C)NC(C)(C)C3)n2)cc(F)c1C1CC1. The average molecular weight is 493 g/mol. The Morgan fingerprint density at radius 3 is 2.56 bits per heavy atom. The average Bonchev–Trinajstić information content (AvgIpc) is 3.60. The quantitative estimate of drug-likeness (QED) is 0.186. The van der Waals surface area contributed by atoms with Crippen LogP contribution in [0, 0.1) is 17.1 Å². The highest BCUT2D eigenvalue weighted by Gasteiger charge is 2.38. The Morgan fingerprint density at radius 2 is 1.97 bits per heavy atom. The molecular weight excluding hydrogens is 459 g/mol. The number of nitriles is 1. The summed E-state index contributed by atoms with van der Waals surface area (Å²) in [5.41, 5.74) is 1.66. The van der Waals surface area contributed by atoms with Crippen LogP contribution >= 0.6 is 0 Å². The van der Waals surface area contributed by atoms with E-state index in [1.165, 1.54) is 23.6 Å². The van der Waals surface area contributed by atoms with Gasteiger partial charge in [-0.3, -0.25) is 0 Å². The number of aromatic nitrogens is 2. The number of nitrogens with zero attached hydrogens (tertiary/aromatic N) is 6. The highest BCUT2D eigenvalue weighted by Crippen LogP contribution is 2.46. The number of benzene rings is 1. The van der Waals surface area contributed by atoms with Crippen molar-refractivity contribution in [2.75, 3.05) is 15.6 Å². The molecule has 1 saturated heterocycles. The first-order valence-corrected chi connectivity index (χ1v) is 12.0. The van der Waals surface area contributed by atoms with Gasteiger partial charge in [-0.2, -0.15) is 20.4 Å². The van der Waals surface area contributed by atoms with Crippen LogP contribution in [-0.2, 0) is 0 Å². The van der Waals surface area contributed by atoms with Crippen molar-refractivity contribution in [3.63, 3.8) is 0 Å². The third-order valence-electron chi connectivity index (χ3n) is 6.36. The molecule has 4 rings (SSSR count). The van der Waals surface area contributed by atoms with Gasteiger partial charge in [0.2, 0.25) is 5.95 Å². The number of rotatable bonds is 8. The van der Waals surface area contributed by atoms with Gasteiger partial charge in [0.15, 0.2) is 0 Å². The molecule has 0 spiro atoms. The smallest absolute Gasteiger partial charge is 0.229 e. The van der Waals surface area contributed by atoms with Gasteiger partial charge in [0.25, 0.3) is 0 Å². The number of halogens is 1. The van der Waals surface area contributed by atoms with E-state index in [4.69, 9.17) is 5.84 Å². The van der Waals surface area contributed by atoms with E-state index >= 15 is 4.39 Å². The van der Waals surface area contributed by atoms with Crippen LogP contribution in [0.4, 0.5) is 27.5 Å². The normalized spacial score (nSPS) is 19.0. The molecular formula is C25H33FN10. The van der Waals surface area contributed by atoms with Crippen molar-refractivity contribution < 1.29 is 4.39 Å². The molecule has 36 heavy (non-hydrogen) atoms. The molecule has 0 atom stereocenters. The lowest BCUT2D eigenvalue weighted by Crippen LogP contribution is -2.60. The predicted molar refractivity (Wildman–Crippen MR) is 141 cm³/mol. The van der Waals surface area contributed by atoms with Gasteiger partial charge in [-0.05, 0) is 71.4 Å². The molecule has 0 amide bonds. The predicted octanol–water partition coefficient (Wildman–Crippen LogP) is 4.15. The lowest BCUT2D eigenvalue weighted by atomic mass is 9.79. The van der Waals surface area contributed by atoms with Gasteiger partial charge in [0, 0.05) is 35.1 Å². The minimum Gasteiger partial charge on any atom is -0.366 e. The molecule has 1 aliphatic carbocycles. The van der Waals surface area contributed by atoms with Gasteiger partial charge >= 0.3 is 0 Å². The van der Waals surface area contributed by atoms with Crippen molar-refractivity contribution in [3.05, 3.63) is 35.3 Å². The van der Waals surface area contributed by atoms with Gasteiger partial charge < -0.3 is 21.8 Å². The first-order chi connectivity index (χ1) is 17.0. The number of hydrogen-bond donors (Lipinski definition) is 4. The topological polar surface area (TPSA) is 140 Å². The van der Waals surface area contributed by atoms with Crippen LogP contribution in [0.15, 0.2) is 28.5 Å². The van der Waals surface area contributed by atoms with Gasteiger partial charge in [-0.15, -0.1) is 0 Å². The first kappa shape index (κ1) is 25.3. The lowest BCUT2D eigenvalue weighted by Gasteiger charge is -2.46. The van der Waals surface area contributed by atoms with Gasteiger partial charge in [-0.25, -0.2) is 14.4 Å². The van der Waals surface area contributed by atoms with Crippen molar-refractivity contribution in [1.29, 1.82) is 5.26 Å². The fraction of sp³-hybridized carbons (Fsp3) is 0.480. The largest absolute Gasteiger partial charge is 0.366 e. The first-order valence-electron chi connectivity index (χ1n) is 12.0. The van der Waals surface area contributed by atoms with Crippen LogP contribution in [-0.4, -0.2) is 40.1 Å². The van der Waals surface area contributed by atoms with Crippen LogP contribution in [0.2, 0.25) is 0 Å². The van der Waals surface area contributed by atoms with Gasteiger partial charge in [-0.1, -0.05) is 0 Å². The Hall–Kier alpha value is -3.78. The molecule has 10 nitrogen and oxygen atoms in total. The zero-order valence-electron chi connectivity index (χ0n) is 21.1. The van der Waals surface area contributed by atoms with E-state index in [0.717, 1.165) is 25.7 Å². The minimum atomic E-state index is -0.372. The van der Waals surface area contributed by atoms with Crippen LogP contribution in [0.3, 0.4) is 0 Å². The Morgan fingerprint density at radius 1 is 1.28 bits per heavy atom. The Kier molecular flexibility index (Phi) is 6.82. The molecule has 1 aliphatic heterocycles. The molecule has 2 heterocycles. The number of piperidine rings is 1. The number of hydrazone groups is 2. The molecule has 1 aromatic carbocycles. The standard InChI is InChI=1S/C25H33FN10/c1-24(2)10-18(11-25(3,4)35-24)32-22-16(12-27)13-30-23(34-22)33-17-8-19(26)21(15-6-7-15)20(9-17)36(29-5)14-31-28/h8-9,13-15,18,35H,5-7,10-11,28H2,1-4H3,(H2,30,32,33,34)/b31-14-. The van der Waals surface area contributed by atoms with E-state index in [1.807, 2.05) is 0 Å². The maximum Gasteiger partial charge on any atom is 0.229 e. The number of nitrogens with two attached hydrogens (primary N) is 1. The molecule has 2 aromatic rings. The molecule has 2 aliphatic rings. The summed E-state index contributed by atoms with van der Waals surface area (Å²) >= 11 is 0. The summed E-state index contributed by atoms with van der Waals surface area (Å²) in [6, 6.07) is 5.41. The molecule has 11 heteroatoms. The maximum atomic E-state index is 15.2. The van der Waals surface area contributed by atoms with Crippen molar-refractivity contribution in [2.45, 2.75) is 76.4 Å². The maximum absolute atomic E-state index is 15.2. The molecule has 1 aromatic heterocycles. The highest BCUT2D eigenvalue weighted by atomic mass is 19.1. The fourth-order valence-corrected chi connectivity index (χ4v) is 5.26. The molecule has 1 saturated carbocycles. The Labute approximate surface area is 210 Å². The Balaban J connectivity index is 1.63. The molecule has 5 N–H and O–H groups in total. The van der Waals surface area contributed by atoms with E-state index in [1.54, 1.807) is 6.07 Å². The number of anilines is 4. The second-order valence-electron chi connectivity index (χ2n) is 10.8. The van der Waals surface area contributed by atoms with E-state index in [-0.39, 0.29) is 34.8 Å². The third kappa shape index (κ3) is 5.71. The summed E-state index contributed by atoms with van der Waals surface area (Å²) in [6.07, 6.45) is 6.26. The lowest BCUT2D eigenvalue weighted by molar-refractivity contribution is 0.170. The molecule has 0 unspecified atom stereocenters. The van der Waals surface area contributed by atoms with E-state index < -0.39 is 0 Å². The van der Waals surface area contributed by atoms with Crippen LogP contribution in [0.1, 0.15) is 70.4 Å². The monoisotopic (exact) mass is 492 g/mol. The minimum absolute atomic E-state index is 0.0739. The van der Waals surface area contributed by atoms with E-state index in [2.05, 4.69) is 76.6 Å². The van der Waals surface area contributed by atoms with Crippen molar-refractivity contribution in [1.82, 2.24) is 15.3 Å². The van der Waals surface area contributed by atoms with Crippen molar-refractivity contribution in [3.8, 4) is 6.07 Å². The summed E-state index contributed by atoms with van der Waals surface area (Å²) in [4.78, 5) is 8.84. The summed E-state index contributed by atoms with van der Waals surface area (Å²) in [6.45, 7) is 12.2. The zero-order chi connectivity index (χ0) is 26.1. The molecule has 190 valence electrons. The fourth-order valence-electron chi connectivity index (χ4n) is 5.26. The summed E-state index contributed by atoms with van der Waals surface area (Å²) in [5.74, 6) is 5.73. The van der Waals surface area contributed by atoms with Crippen LogP contribution in [0.5, 0.6) is 0 Å². The molecule has 2 fully saturated rings. The van der Waals surface area contributed by atoms with E-state index in [0.29, 0.717) is 28.3 Å². The second-order valence-corrected chi connectivity index (χ2v) is 10.8. The van der Waals surface area contributed by atoms with Crippen LogP contribution < -0.4 is 26.8 Å². The van der Waals surface area contributed by atoms with Crippen molar-refractivity contribution >= 4 is 36.2 Å². The van der Waals surface area contributed by atoms with Gasteiger partial charge in [0.1, 0.15) is 29.6 Å². The summed E-state index contributed by atoms with van der Waals surface area (Å²) < 4.78 is 15.2.